The van der Waals surface area contributed by atoms with Crippen molar-refractivity contribution >= 4 is 22.5 Å². The topological polar surface area (TPSA) is 19.4 Å². The van der Waals surface area contributed by atoms with Crippen molar-refractivity contribution in [2.45, 2.75) is 32.1 Å². The SMILES string of the molecule is CCN1CCN(Cc2ccc(C(C)(C)SS)nc2)CC1. The third-order valence-electron chi connectivity index (χ3n) is 3.99. The van der Waals surface area contributed by atoms with Crippen LogP contribution in [0.3, 0.4) is 0 Å². The molecule has 0 aliphatic carbocycles. The molecule has 0 radical (unpaired) electrons. The molecule has 0 spiro atoms. The Morgan fingerprint density at radius 3 is 2.35 bits per heavy atom. The van der Waals surface area contributed by atoms with Gasteiger partial charge in [-0.2, -0.15) is 0 Å². The summed E-state index contributed by atoms with van der Waals surface area (Å²) in [6, 6.07) is 4.35. The highest BCUT2D eigenvalue weighted by Gasteiger charge is 2.21. The van der Waals surface area contributed by atoms with E-state index < -0.39 is 0 Å². The zero-order valence-electron chi connectivity index (χ0n) is 12.7. The second kappa shape index (κ2) is 7.16. The van der Waals surface area contributed by atoms with Gasteiger partial charge in [-0.15, -0.1) is 11.7 Å². The number of aromatic nitrogens is 1. The van der Waals surface area contributed by atoms with Gasteiger partial charge in [0, 0.05) is 38.9 Å². The summed E-state index contributed by atoms with van der Waals surface area (Å²) in [5.41, 5.74) is 2.40. The van der Waals surface area contributed by atoms with Gasteiger partial charge in [-0.3, -0.25) is 9.88 Å². The zero-order valence-corrected chi connectivity index (χ0v) is 14.4. The van der Waals surface area contributed by atoms with Gasteiger partial charge in [-0.1, -0.05) is 23.8 Å². The van der Waals surface area contributed by atoms with Gasteiger partial charge in [0.05, 0.1) is 10.4 Å². The molecule has 0 unspecified atom stereocenters. The van der Waals surface area contributed by atoms with E-state index in [1.165, 1.54) is 25.2 Å². The molecular weight excluding hydrogens is 286 g/mol. The molecule has 1 aliphatic heterocycles. The van der Waals surface area contributed by atoms with Crippen LogP contribution in [-0.2, 0) is 11.3 Å². The van der Waals surface area contributed by atoms with Crippen LogP contribution in [0.25, 0.3) is 0 Å². The molecule has 0 aromatic carbocycles. The van der Waals surface area contributed by atoms with E-state index in [-0.39, 0.29) is 4.75 Å². The number of likely N-dealkylation sites (N-methyl/N-ethyl adjacent to an activating group) is 1. The maximum atomic E-state index is 4.61. The minimum absolute atomic E-state index is 0.0333. The van der Waals surface area contributed by atoms with Crippen molar-refractivity contribution in [3.8, 4) is 0 Å². The lowest BCUT2D eigenvalue weighted by atomic mass is 10.1. The van der Waals surface area contributed by atoms with Crippen molar-refractivity contribution in [1.29, 1.82) is 0 Å². The first-order chi connectivity index (χ1) is 9.55. The Morgan fingerprint density at radius 1 is 1.20 bits per heavy atom. The molecule has 0 amide bonds. The standard InChI is InChI=1S/C15H25N3S2/c1-4-17-7-9-18(10-8-17)12-13-5-6-14(16-11-13)15(2,3)20-19/h5-6,11,19H,4,7-10,12H2,1-3H3. The Bertz CT molecular complexity index is 412. The molecular formula is C15H25N3S2. The Kier molecular flexibility index (Phi) is 5.78. The van der Waals surface area contributed by atoms with E-state index in [4.69, 9.17) is 0 Å². The van der Waals surface area contributed by atoms with Crippen LogP contribution < -0.4 is 0 Å². The Hall–Kier alpha value is -0.230. The molecule has 2 rings (SSSR count). The van der Waals surface area contributed by atoms with Crippen molar-refractivity contribution in [3.63, 3.8) is 0 Å². The molecule has 1 aromatic heterocycles. The van der Waals surface area contributed by atoms with Gasteiger partial charge in [-0.25, -0.2) is 0 Å². The average molecular weight is 312 g/mol. The van der Waals surface area contributed by atoms with Crippen LogP contribution in [-0.4, -0.2) is 47.5 Å². The Balaban J connectivity index is 1.91. The van der Waals surface area contributed by atoms with Gasteiger partial charge in [0.1, 0.15) is 0 Å². The summed E-state index contributed by atoms with van der Waals surface area (Å²) in [5.74, 6) is 0. The van der Waals surface area contributed by atoms with Gasteiger partial charge in [0.2, 0.25) is 0 Å². The van der Waals surface area contributed by atoms with Crippen molar-refractivity contribution < 1.29 is 0 Å². The van der Waals surface area contributed by atoms with Crippen molar-refractivity contribution in [3.05, 3.63) is 29.6 Å². The molecule has 0 bridgehead atoms. The number of pyridine rings is 1. The van der Waals surface area contributed by atoms with Gasteiger partial charge in [0.25, 0.3) is 0 Å². The van der Waals surface area contributed by atoms with E-state index in [1.807, 2.05) is 6.20 Å². The van der Waals surface area contributed by atoms with Crippen LogP contribution in [0.2, 0.25) is 0 Å². The minimum atomic E-state index is -0.0333. The average Bonchev–Trinajstić information content (AvgIpc) is 2.48. The molecule has 112 valence electrons. The fraction of sp³-hybridized carbons (Fsp3) is 0.667. The lowest BCUT2D eigenvalue weighted by molar-refractivity contribution is 0.132. The zero-order chi connectivity index (χ0) is 14.6. The third-order valence-corrected chi connectivity index (χ3v) is 6.02. The lowest BCUT2D eigenvalue weighted by Gasteiger charge is -2.34. The highest BCUT2D eigenvalue weighted by atomic mass is 33.1. The van der Waals surface area contributed by atoms with Crippen LogP contribution in [0.5, 0.6) is 0 Å². The van der Waals surface area contributed by atoms with Crippen LogP contribution in [0.4, 0.5) is 0 Å². The summed E-state index contributed by atoms with van der Waals surface area (Å²) in [4.78, 5) is 9.63. The second-order valence-electron chi connectivity index (χ2n) is 5.86. The smallest absolute Gasteiger partial charge is 0.0625 e. The number of hydrogen-bond acceptors (Lipinski definition) is 5. The van der Waals surface area contributed by atoms with Gasteiger partial charge < -0.3 is 4.90 Å². The number of thiol groups is 1. The molecule has 1 aromatic rings. The number of hydrogen-bond donors (Lipinski definition) is 1. The first kappa shape index (κ1) is 16.1. The molecule has 1 aliphatic rings. The highest BCUT2D eigenvalue weighted by Crippen LogP contribution is 2.36. The summed E-state index contributed by atoms with van der Waals surface area (Å²) >= 11 is 4.33. The quantitative estimate of drug-likeness (QED) is 0.665. The van der Waals surface area contributed by atoms with E-state index in [2.05, 4.69) is 59.3 Å². The van der Waals surface area contributed by atoms with Gasteiger partial charge in [0.15, 0.2) is 0 Å². The van der Waals surface area contributed by atoms with Crippen LogP contribution in [0.1, 0.15) is 32.0 Å². The molecule has 0 atom stereocenters. The Labute approximate surface area is 131 Å². The fourth-order valence-corrected chi connectivity index (χ4v) is 2.94. The summed E-state index contributed by atoms with van der Waals surface area (Å²) in [6.45, 7) is 13.4. The normalized spacial score (nSPS) is 18.4. The van der Waals surface area contributed by atoms with E-state index >= 15 is 0 Å². The fourth-order valence-electron chi connectivity index (χ4n) is 2.44. The van der Waals surface area contributed by atoms with Gasteiger partial charge in [-0.05, 0) is 32.0 Å². The molecule has 2 heterocycles. The molecule has 5 heteroatoms. The molecule has 3 nitrogen and oxygen atoms in total. The molecule has 1 saturated heterocycles. The molecule has 20 heavy (non-hydrogen) atoms. The predicted molar refractivity (Wildman–Crippen MR) is 91.2 cm³/mol. The predicted octanol–water partition coefficient (Wildman–Crippen LogP) is 3.03. The van der Waals surface area contributed by atoms with Crippen molar-refractivity contribution in [2.75, 3.05) is 32.7 Å². The minimum Gasteiger partial charge on any atom is -0.301 e. The molecule has 1 fully saturated rings. The first-order valence-corrected chi connectivity index (χ1v) is 9.14. The lowest BCUT2D eigenvalue weighted by Crippen LogP contribution is -2.45. The summed E-state index contributed by atoms with van der Waals surface area (Å²) in [7, 11) is 1.54. The van der Waals surface area contributed by atoms with Crippen LogP contribution >= 0.6 is 22.5 Å². The summed E-state index contributed by atoms with van der Waals surface area (Å²) in [6.07, 6.45) is 2.02. The summed E-state index contributed by atoms with van der Waals surface area (Å²) < 4.78 is -0.0333. The summed E-state index contributed by atoms with van der Waals surface area (Å²) in [5, 5.41) is 0. The van der Waals surface area contributed by atoms with Crippen molar-refractivity contribution in [2.24, 2.45) is 0 Å². The van der Waals surface area contributed by atoms with E-state index in [1.54, 1.807) is 10.8 Å². The van der Waals surface area contributed by atoms with Gasteiger partial charge >= 0.3 is 0 Å². The van der Waals surface area contributed by atoms with E-state index in [9.17, 15) is 0 Å². The number of nitrogens with zero attached hydrogens (tertiary/aromatic N) is 3. The number of rotatable bonds is 5. The largest absolute Gasteiger partial charge is 0.301 e. The maximum Gasteiger partial charge on any atom is 0.0625 e. The third kappa shape index (κ3) is 4.13. The van der Waals surface area contributed by atoms with Crippen LogP contribution in [0.15, 0.2) is 18.3 Å². The monoisotopic (exact) mass is 311 g/mol. The highest BCUT2D eigenvalue weighted by molar-refractivity contribution is 8.68. The van der Waals surface area contributed by atoms with E-state index in [0.717, 1.165) is 25.3 Å². The molecule has 0 N–H and O–H groups in total. The second-order valence-corrected chi connectivity index (χ2v) is 7.61. The maximum absolute atomic E-state index is 4.61. The van der Waals surface area contributed by atoms with Crippen LogP contribution in [0, 0.1) is 0 Å². The van der Waals surface area contributed by atoms with Crippen molar-refractivity contribution in [1.82, 2.24) is 14.8 Å². The number of piperazine rings is 1. The van der Waals surface area contributed by atoms with E-state index in [0.29, 0.717) is 0 Å². The Morgan fingerprint density at radius 2 is 1.85 bits per heavy atom. The molecule has 0 saturated carbocycles. The first-order valence-electron chi connectivity index (χ1n) is 7.28.